The minimum atomic E-state index is 0.603. The summed E-state index contributed by atoms with van der Waals surface area (Å²) in [5, 5.41) is 10.3. The van der Waals surface area contributed by atoms with E-state index in [1.165, 1.54) is 25.8 Å². The normalized spacial score (nSPS) is 20.2. The van der Waals surface area contributed by atoms with Gasteiger partial charge in [0.05, 0.1) is 26.4 Å². The third kappa shape index (κ3) is 19.2. The Labute approximate surface area is 199 Å². The number of morpholine rings is 2. The molecule has 32 heavy (non-hydrogen) atoms. The van der Waals surface area contributed by atoms with Gasteiger partial charge in [0.2, 0.25) is 0 Å². The third-order valence-corrected chi connectivity index (χ3v) is 5.54. The summed E-state index contributed by atoms with van der Waals surface area (Å²) in [7, 11) is 0. The fourth-order valence-corrected chi connectivity index (χ4v) is 3.58. The number of rotatable bonds is 11. The molecule has 0 atom stereocenters. The summed E-state index contributed by atoms with van der Waals surface area (Å²) in [4.78, 5) is 4.92. The lowest BCUT2D eigenvalue weighted by Gasteiger charge is -2.26. The van der Waals surface area contributed by atoms with Crippen molar-refractivity contribution in [2.45, 2.75) is 85.0 Å². The summed E-state index contributed by atoms with van der Waals surface area (Å²) in [6, 6.07) is 2.78. The van der Waals surface area contributed by atoms with Gasteiger partial charge in [0, 0.05) is 63.4 Å². The van der Waals surface area contributed by atoms with Gasteiger partial charge in [-0.2, -0.15) is 0 Å². The Morgan fingerprint density at radius 1 is 0.656 bits per heavy atom. The minimum Gasteiger partial charge on any atom is -0.379 e. The Balaban J connectivity index is 0.000000250. The van der Waals surface area contributed by atoms with Gasteiger partial charge in [0.15, 0.2) is 0 Å². The highest BCUT2D eigenvalue weighted by molar-refractivity contribution is 4.81. The van der Waals surface area contributed by atoms with Crippen LogP contribution >= 0.6 is 0 Å². The zero-order valence-electron chi connectivity index (χ0n) is 22.1. The molecule has 3 rings (SSSR count). The zero-order chi connectivity index (χ0) is 23.6. The standard InChI is InChI=1S/C10H22N2O.C9H20N2O.C6H13N/c1-10(2)11-4-3-5-12-6-8-13-9-7-12;1-9(2)10-3-4-11-5-7-12-8-6-11;1-5(2)7-6-3-4-6/h10-11H,3-9H2,1-2H3;9-10H,3-8H2,1-2H3;5-7H,3-4H2,1-2H3. The summed E-state index contributed by atoms with van der Waals surface area (Å²) < 4.78 is 10.6. The van der Waals surface area contributed by atoms with Crippen molar-refractivity contribution in [3.63, 3.8) is 0 Å². The van der Waals surface area contributed by atoms with E-state index in [2.05, 4.69) is 67.3 Å². The number of nitrogens with zero attached hydrogens (tertiary/aromatic N) is 2. The van der Waals surface area contributed by atoms with Gasteiger partial charge >= 0.3 is 0 Å². The molecule has 0 bridgehead atoms. The number of nitrogens with one attached hydrogen (secondary N) is 3. The summed E-state index contributed by atoms with van der Waals surface area (Å²) in [5.41, 5.74) is 0. The Kier molecular flexibility index (Phi) is 17.7. The van der Waals surface area contributed by atoms with Crippen LogP contribution in [0.2, 0.25) is 0 Å². The second kappa shape index (κ2) is 19.1. The summed E-state index contributed by atoms with van der Waals surface area (Å²) >= 11 is 0. The Bertz CT molecular complexity index is 407. The maximum atomic E-state index is 5.29. The van der Waals surface area contributed by atoms with Crippen molar-refractivity contribution < 1.29 is 9.47 Å². The molecular formula is C25H55N5O2. The third-order valence-electron chi connectivity index (χ3n) is 5.54. The van der Waals surface area contributed by atoms with Crippen LogP contribution in [0, 0.1) is 0 Å². The van der Waals surface area contributed by atoms with Gasteiger partial charge in [0.25, 0.3) is 0 Å². The first-order valence-corrected chi connectivity index (χ1v) is 13.2. The van der Waals surface area contributed by atoms with Crippen LogP contribution in [0.25, 0.3) is 0 Å². The molecule has 3 aliphatic rings. The van der Waals surface area contributed by atoms with E-state index in [4.69, 9.17) is 9.47 Å². The largest absolute Gasteiger partial charge is 0.379 e. The monoisotopic (exact) mass is 457 g/mol. The molecule has 192 valence electrons. The van der Waals surface area contributed by atoms with E-state index in [0.29, 0.717) is 18.1 Å². The van der Waals surface area contributed by atoms with Crippen LogP contribution in [0.15, 0.2) is 0 Å². The zero-order valence-corrected chi connectivity index (χ0v) is 22.1. The van der Waals surface area contributed by atoms with Crippen molar-refractivity contribution in [1.82, 2.24) is 25.8 Å². The molecule has 7 nitrogen and oxygen atoms in total. The Hall–Kier alpha value is -0.280. The highest BCUT2D eigenvalue weighted by atomic mass is 16.5. The predicted octanol–water partition coefficient (Wildman–Crippen LogP) is 2.17. The van der Waals surface area contributed by atoms with Gasteiger partial charge in [-0.3, -0.25) is 9.80 Å². The quantitative estimate of drug-likeness (QED) is 0.411. The van der Waals surface area contributed by atoms with Crippen molar-refractivity contribution in [2.75, 3.05) is 78.8 Å². The SMILES string of the molecule is CC(C)NC1CC1.CC(C)NCCCN1CCOCC1.CC(C)NCCN1CCOCC1. The molecule has 1 aliphatic carbocycles. The van der Waals surface area contributed by atoms with E-state index in [1.54, 1.807) is 0 Å². The van der Waals surface area contributed by atoms with Crippen LogP contribution in [-0.2, 0) is 9.47 Å². The number of hydrogen-bond donors (Lipinski definition) is 3. The van der Waals surface area contributed by atoms with E-state index in [1.807, 2.05) is 0 Å². The molecule has 3 fully saturated rings. The highest BCUT2D eigenvalue weighted by Crippen LogP contribution is 2.18. The van der Waals surface area contributed by atoms with Gasteiger partial charge < -0.3 is 25.4 Å². The Morgan fingerprint density at radius 2 is 1.12 bits per heavy atom. The van der Waals surface area contributed by atoms with Crippen LogP contribution in [0.3, 0.4) is 0 Å². The molecule has 0 radical (unpaired) electrons. The van der Waals surface area contributed by atoms with E-state index >= 15 is 0 Å². The lowest BCUT2D eigenvalue weighted by atomic mass is 10.3. The van der Waals surface area contributed by atoms with Gasteiger partial charge in [-0.1, -0.05) is 41.5 Å². The first-order valence-electron chi connectivity index (χ1n) is 13.2. The number of ether oxygens (including phenoxy) is 2. The van der Waals surface area contributed by atoms with E-state index in [-0.39, 0.29) is 0 Å². The molecule has 2 heterocycles. The van der Waals surface area contributed by atoms with Crippen molar-refractivity contribution in [1.29, 1.82) is 0 Å². The van der Waals surface area contributed by atoms with E-state index < -0.39 is 0 Å². The van der Waals surface area contributed by atoms with Crippen molar-refractivity contribution >= 4 is 0 Å². The topological polar surface area (TPSA) is 61.0 Å². The van der Waals surface area contributed by atoms with Gasteiger partial charge in [-0.15, -0.1) is 0 Å². The first-order chi connectivity index (χ1) is 15.4. The van der Waals surface area contributed by atoms with Crippen molar-refractivity contribution in [3.05, 3.63) is 0 Å². The summed E-state index contributed by atoms with van der Waals surface area (Å²) in [6.45, 7) is 25.8. The van der Waals surface area contributed by atoms with E-state index in [9.17, 15) is 0 Å². The maximum absolute atomic E-state index is 5.29. The van der Waals surface area contributed by atoms with Crippen LogP contribution in [-0.4, -0.2) is 113 Å². The average Bonchev–Trinajstić information content (AvgIpc) is 3.57. The van der Waals surface area contributed by atoms with Gasteiger partial charge in [-0.05, 0) is 32.4 Å². The molecule has 1 saturated carbocycles. The first kappa shape index (κ1) is 29.8. The van der Waals surface area contributed by atoms with E-state index in [0.717, 1.165) is 78.3 Å². The molecule has 0 unspecified atom stereocenters. The number of hydrogen-bond acceptors (Lipinski definition) is 7. The average molecular weight is 458 g/mol. The van der Waals surface area contributed by atoms with Crippen LogP contribution in [0.5, 0.6) is 0 Å². The summed E-state index contributed by atoms with van der Waals surface area (Å²) in [6.07, 6.45) is 4.05. The van der Waals surface area contributed by atoms with Crippen LogP contribution in [0.4, 0.5) is 0 Å². The molecule has 2 saturated heterocycles. The molecule has 3 N–H and O–H groups in total. The summed E-state index contributed by atoms with van der Waals surface area (Å²) in [5.74, 6) is 0. The highest BCUT2D eigenvalue weighted by Gasteiger charge is 2.20. The van der Waals surface area contributed by atoms with Crippen molar-refractivity contribution in [2.24, 2.45) is 0 Å². The van der Waals surface area contributed by atoms with Crippen LogP contribution in [0.1, 0.15) is 60.8 Å². The second-order valence-electron chi connectivity index (χ2n) is 10.1. The van der Waals surface area contributed by atoms with Gasteiger partial charge in [-0.25, -0.2) is 0 Å². The molecule has 0 aromatic rings. The molecule has 7 heteroatoms. The minimum absolute atomic E-state index is 0.603. The molecule has 0 aromatic carbocycles. The fraction of sp³-hybridized carbons (Fsp3) is 1.00. The molecule has 0 spiro atoms. The molecule has 0 amide bonds. The molecule has 0 aromatic heterocycles. The lowest BCUT2D eigenvalue weighted by molar-refractivity contribution is 0.0374. The molecular weight excluding hydrogens is 402 g/mol. The Morgan fingerprint density at radius 3 is 1.53 bits per heavy atom. The second-order valence-corrected chi connectivity index (χ2v) is 10.1. The predicted molar refractivity (Wildman–Crippen MR) is 137 cm³/mol. The smallest absolute Gasteiger partial charge is 0.0594 e. The van der Waals surface area contributed by atoms with Gasteiger partial charge in [0.1, 0.15) is 0 Å². The fourth-order valence-electron chi connectivity index (χ4n) is 3.58. The van der Waals surface area contributed by atoms with Crippen molar-refractivity contribution in [3.8, 4) is 0 Å². The lowest BCUT2D eigenvalue weighted by Crippen LogP contribution is -2.41. The van der Waals surface area contributed by atoms with Crippen LogP contribution < -0.4 is 16.0 Å². The maximum Gasteiger partial charge on any atom is 0.0594 e. The molecule has 2 aliphatic heterocycles.